The van der Waals surface area contributed by atoms with Crippen LogP contribution in [0.5, 0.6) is 0 Å². The molecule has 0 saturated carbocycles. The number of fused-ring (bicyclic) bond motifs is 1. The summed E-state index contributed by atoms with van der Waals surface area (Å²) in [5.41, 5.74) is 0.992. The molecule has 2 heterocycles. The second-order valence-electron chi connectivity index (χ2n) is 7.25. The molecule has 3 rings (SSSR count). The van der Waals surface area contributed by atoms with Crippen LogP contribution in [-0.2, 0) is 15.9 Å². The Labute approximate surface area is 137 Å². The fourth-order valence-corrected chi connectivity index (χ4v) is 2.79. The van der Waals surface area contributed by atoms with Gasteiger partial charge in [-0.3, -0.25) is 0 Å². The lowest BCUT2D eigenvalue weighted by molar-refractivity contribution is 0.00578. The third kappa shape index (κ3) is 2.79. The lowest BCUT2D eigenvalue weighted by atomic mass is 9.79. The summed E-state index contributed by atoms with van der Waals surface area (Å²) < 4.78 is 28.5. The van der Waals surface area contributed by atoms with Gasteiger partial charge in [0, 0.05) is 6.54 Å². The zero-order valence-corrected chi connectivity index (χ0v) is 14.5. The molecule has 0 spiro atoms. The van der Waals surface area contributed by atoms with E-state index in [0.717, 1.165) is 19.4 Å². The molecule has 1 aliphatic rings. The summed E-state index contributed by atoms with van der Waals surface area (Å²) in [6.45, 7) is 10.8. The Bertz CT molecular complexity index is 711. The van der Waals surface area contributed by atoms with E-state index in [0.29, 0.717) is 16.5 Å². The van der Waals surface area contributed by atoms with E-state index in [4.69, 9.17) is 9.31 Å². The minimum atomic E-state index is -0.570. The van der Waals surface area contributed by atoms with Crippen LogP contribution >= 0.6 is 0 Å². The zero-order valence-electron chi connectivity index (χ0n) is 14.5. The molecule has 23 heavy (non-hydrogen) atoms. The number of imidazole rings is 1. The van der Waals surface area contributed by atoms with Gasteiger partial charge < -0.3 is 13.9 Å². The molecule has 1 aromatic heterocycles. The first kappa shape index (κ1) is 16.5. The SMILES string of the molecule is CCCCn1cnc2cc(B3OC(C)(C)C(C)(C)O3)cc(F)c21. The maximum absolute atomic E-state index is 14.6. The number of rotatable bonds is 4. The van der Waals surface area contributed by atoms with Crippen LogP contribution in [0.1, 0.15) is 47.5 Å². The largest absolute Gasteiger partial charge is 0.495 e. The van der Waals surface area contributed by atoms with Crippen LogP contribution in [0.25, 0.3) is 11.0 Å². The number of benzene rings is 1. The van der Waals surface area contributed by atoms with Crippen LogP contribution in [0.15, 0.2) is 18.5 Å². The highest BCUT2D eigenvalue weighted by Gasteiger charge is 2.51. The Hall–Kier alpha value is -1.40. The van der Waals surface area contributed by atoms with E-state index in [1.165, 1.54) is 6.07 Å². The molecule has 2 aromatic rings. The topological polar surface area (TPSA) is 36.3 Å². The molecule has 0 radical (unpaired) electrons. The Morgan fingerprint density at radius 3 is 2.43 bits per heavy atom. The predicted octanol–water partition coefficient (Wildman–Crippen LogP) is 3.27. The smallest absolute Gasteiger partial charge is 0.399 e. The lowest BCUT2D eigenvalue weighted by Gasteiger charge is -2.32. The van der Waals surface area contributed by atoms with Crippen molar-refractivity contribution in [1.82, 2.24) is 9.55 Å². The molecule has 1 aromatic carbocycles. The summed E-state index contributed by atoms with van der Waals surface area (Å²) in [6.07, 6.45) is 3.77. The molecule has 1 aliphatic heterocycles. The van der Waals surface area contributed by atoms with E-state index in [9.17, 15) is 4.39 Å². The Kier molecular flexibility index (Phi) is 4.01. The van der Waals surface area contributed by atoms with Crippen LogP contribution in [0.4, 0.5) is 4.39 Å². The third-order valence-electron chi connectivity index (χ3n) is 4.97. The van der Waals surface area contributed by atoms with Gasteiger partial charge in [0.25, 0.3) is 0 Å². The average molecular weight is 318 g/mol. The molecule has 0 atom stereocenters. The molecule has 1 fully saturated rings. The Morgan fingerprint density at radius 1 is 1.17 bits per heavy atom. The average Bonchev–Trinajstić information content (AvgIpc) is 2.95. The molecule has 124 valence electrons. The van der Waals surface area contributed by atoms with Crippen molar-refractivity contribution in [2.45, 2.75) is 65.2 Å². The van der Waals surface area contributed by atoms with Gasteiger partial charge in [-0.15, -0.1) is 0 Å². The molecule has 0 unspecified atom stereocenters. The van der Waals surface area contributed by atoms with Crippen molar-refractivity contribution in [3.05, 3.63) is 24.3 Å². The number of halogens is 1. The maximum atomic E-state index is 14.6. The summed E-state index contributed by atoms with van der Waals surface area (Å²) >= 11 is 0. The number of aryl methyl sites for hydroxylation is 1. The van der Waals surface area contributed by atoms with Crippen molar-refractivity contribution in [3.8, 4) is 0 Å². The molecular weight excluding hydrogens is 294 g/mol. The second kappa shape index (κ2) is 5.60. The molecule has 0 amide bonds. The highest BCUT2D eigenvalue weighted by Crippen LogP contribution is 2.36. The molecule has 4 nitrogen and oxygen atoms in total. The highest BCUT2D eigenvalue weighted by molar-refractivity contribution is 6.62. The van der Waals surface area contributed by atoms with E-state index in [-0.39, 0.29) is 5.82 Å². The summed E-state index contributed by atoms with van der Waals surface area (Å²) in [4.78, 5) is 4.35. The van der Waals surface area contributed by atoms with Crippen LogP contribution < -0.4 is 5.46 Å². The van der Waals surface area contributed by atoms with Crippen LogP contribution in [0.3, 0.4) is 0 Å². The first-order valence-electron chi connectivity index (χ1n) is 8.25. The Balaban J connectivity index is 1.95. The monoisotopic (exact) mass is 318 g/mol. The Morgan fingerprint density at radius 2 is 1.83 bits per heavy atom. The van der Waals surface area contributed by atoms with Crippen LogP contribution in [0.2, 0.25) is 0 Å². The molecule has 6 heteroatoms. The fourth-order valence-electron chi connectivity index (χ4n) is 2.79. The van der Waals surface area contributed by atoms with Crippen LogP contribution in [-0.4, -0.2) is 27.9 Å². The van der Waals surface area contributed by atoms with Crippen LogP contribution in [0, 0.1) is 5.82 Å². The number of aromatic nitrogens is 2. The normalized spacial score (nSPS) is 19.7. The van der Waals surface area contributed by atoms with Gasteiger partial charge in [-0.05, 0) is 51.7 Å². The van der Waals surface area contributed by atoms with Crippen molar-refractivity contribution >= 4 is 23.6 Å². The molecule has 0 aliphatic carbocycles. The number of hydrogen-bond acceptors (Lipinski definition) is 3. The minimum Gasteiger partial charge on any atom is -0.399 e. The summed E-state index contributed by atoms with van der Waals surface area (Å²) in [7, 11) is -0.570. The zero-order chi connectivity index (χ0) is 16.8. The predicted molar refractivity (Wildman–Crippen MR) is 90.3 cm³/mol. The number of nitrogens with zero attached hydrogens (tertiary/aromatic N) is 2. The number of unbranched alkanes of at least 4 members (excludes halogenated alkanes) is 1. The quantitative estimate of drug-likeness (QED) is 0.812. The van der Waals surface area contributed by atoms with Gasteiger partial charge in [-0.1, -0.05) is 13.3 Å². The summed E-state index contributed by atoms with van der Waals surface area (Å²) in [6, 6.07) is 3.37. The standard InChI is InChI=1S/C17H24BFN2O2/c1-6-7-8-21-11-20-14-10-12(9-13(19)15(14)21)18-22-16(2,3)17(4,5)23-18/h9-11H,6-8H2,1-5H3. The molecule has 0 N–H and O–H groups in total. The molecule has 0 bridgehead atoms. The maximum Gasteiger partial charge on any atom is 0.495 e. The van der Waals surface area contributed by atoms with Crippen molar-refractivity contribution in [1.29, 1.82) is 0 Å². The first-order valence-corrected chi connectivity index (χ1v) is 8.25. The molecular formula is C17H24BFN2O2. The van der Waals surface area contributed by atoms with E-state index < -0.39 is 18.3 Å². The van der Waals surface area contributed by atoms with Gasteiger partial charge in [-0.2, -0.15) is 0 Å². The minimum absolute atomic E-state index is 0.277. The van der Waals surface area contributed by atoms with Crippen molar-refractivity contribution in [3.63, 3.8) is 0 Å². The van der Waals surface area contributed by atoms with Gasteiger partial charge in [-0.25, -0.2) is 9.37 Å². The van der Waals surface area contributed by atoms with Gasteiger partial charge in [0.05, 0.1) is 23.0 Å². The van der Waals surface area contributed by atoms with Gasteiger partial charge in [0.15, 0.2) is 0 Å². The van der Waals surface area contributed by atoms with E-state index in [1.54, 1.807) is 6.33 Å². The van der Waals surface area contributed by atoms with Crippen molar-refractivity contribution < 1.29 is 13.7 Å². The number of hydrogen-bond donors (Lipinski definition) is 0. The van der Waals surface area contributed by atoms with Gasteiger partial charge >= 0.3 is 7.12 Å². The highest BCUT2D eigenvalue weighted by atomic mass is 19.1. The van der Waals surface area contributed by atoms with E-state index >= 15 is 0 Å². The third-order valence-corrected chi connectivity index (χ3v) is 4.97. The first-order chi connectivity index (χ1) is 10.7. The fraction of sp³-hybridized carbons (Fsp3) is 0.588. The summed E-state index contributed by atoms with van der Waals surface area (Å²) in [5.74, 6) is -0.277. The van der Waals surface area contributed by atoms with Crippen molar-refractivity contribution in [2.24, 2.45) is 0 Å². The lowest BCUT2D eigenvalue weighted by Crippen LogP contribution is -2.41. The van der Waals surface area contributed by atoms with E-state index in [1.807, 2.05) is 38.3 Å². The van der Waals surface area contributed by atoms with Crippen molar-refractivity contribution in [2.75, 3.05) is 0 Å². The summed E-state index contributed by atoms with van der Waals surface area (Å²) in [5, 5.41) is 0. The second-order valence-corrected chi connectivity index (χ2v) is 7.25. The van der Waals surface area contributed by atoms with E-state index in [2.05, 4.69) is 11.9 Å². The van der Waals surface area contributed by atoms with Gasteiger partial charge in [0.1, 0.15) is 11.3 Å². The molecule has 1 saturated heterocycles. The van der Waals surface area contributed by atoms with Gasteiger partial charge in [0.2, 0.25) is 0 Å².